The van der Waals surface area contributed by atoms with Gasteiger partial charge in [0, 0.05) is 6.54 Å². The monoisotopic (exact) mass is 429 g/mol. The summed E-state index contributed by atoms with van der Waals surface area (Å²) in [5, 5.41) is 8.08. The molecule has 0 unspecified atom stereocenters. The highest BCUT2D eigenvalue weighted by atomic mass is 16.2. The molecule has 0 fully saturated rings. The maximum absolute atomic E-state index is 12.7. The number of rotatable bonds is 7. The number of hydrogen-bond acceptors (Lipinski definition) is 3. The van der Waals surface area contributed by atoms with Crippen molar-refractivity contribution in [3.63, 3.8) is 0 Å². The van der Waals surface area contributed by atoms with Gasteiger partial charge in [0.2, 0.25) is 0 Å². The van der Waals surface area contributed by atoms with Crippen molar-refractivity contribution >= 4 is 23.4 Å². The second kappa shape index (κ2) is 10.9. The second-order valence-electron chi connectivity index (χ2n) is 7.46. The Labute approximate surface area is 188 Å². The zero-order valence-corrected chi connectivity index (χ0v) is 18.2. The van der Waals surface area contributed by atoms with Gasteiger partial charge in [-0.05, 0) is 42.2 Å². The van der Waals surface area contributed by atoms with Crippen molar-refractivity contribution in [2.75, 3.05) is 5.32 Å². The molecule has 32 heavy (non-hydrogen) atoms. The number of benzene rings is 3. The lowest BCUT2D eigenvalue weighted by atomic mass is 10.1. The molecule has 0 radical (unpaired) electrons. The quantitative estimate of drug-likeness (QED) is 0.496. The molecule has 0 saturated heterocycles. The second-order valence-corrected chi connectivity index (χ2v) is 7.46. The molecule has 1 atom stereocenters. The molecule has 6 nitrogen and oxygen atoms in total. The van der Waals surface area contributed by atoms with Crippen LogP contribution in [0.4, 0.5) is 5.69 Å². The van der Waals surface area contributed by atoms with E-state index in [1.807, 2.05) is 54.6 Å². The van der Waals surface area contributed by atoms with Crippen LogP contribution in [0.5, 0.6) is 0 Å². The lowest BCUT2D eigenvalue weighted by molar-refractivity contribution is -0.136. The van der Waals surface area contributed by atoms with E-state index in [0.29, 0.717) is 6.54 Å². The van der Waals surface area contributed by atoms with E-state index in [9.17, 15) is 14.4 Å². The summed E-state index contributed by atoms with van der Waals surface area (Å²) in [6, 6.07) is 23.7. The Balaban J connectivity index is 1.61. The summed E-state index contributed by atoms with van der Waals surface area (Å²) in [6.45, 7) is 4.25. The molecule has 0 aliphatic rings. The summed E-state index contributed by atoms with van der Waals surface area (Å²) in [5.74, 6) is -1.94. The summed E-state index contributed by atoms with van der Waals surface area (Å²) in [4.78, 5) is 37.5. The van der Waals surface area contributed by atoms with Crippen LogP contribution in [0, 0.1) is 0 Å². The number of hydrogen-bond donors (Lipinski definition) is 3. The van der Waals surface area contributed by atoms with Crippen LogP contribution in [0.15, 0.2) is 78.9 Å². The summed E-state index contributed by atoms with van der Waals surface area (Å²) < 4.78 is 0. The molecule has 164 valence electrons. The molecule has 3 rings (SSSR count). The van der Waals surface area contributed by atoms with Crippen molar-refractivity contribution in [2.45, 2.75) is 32.9 Å². The van der Waals surface area contributed by atoms with Crippen LogP contribution >= 0.6 is 0 Å². The third-order valence-corrected chi connectivity index (χ3v) is 5.16. The molecule has 0 bridgehead atoms. The highest BCUT2D eigenvalue weighted by Gasteiger charge is 2.19. The minimum atomic E-state index is -0.830. The molecule has 0 aliphatic heterocycles. The fraction of sp³-hybridized carbons (Fsp3) is 0.192. The summed E-state index contributed by atoms with van der Waals surface area (Å²) >= 11 is 0. The molecule has 3 aromatic rings. The predicted molar refractivity (Wildman–Crippen MR) is 125 cm³/mol. The molecular weight excluding hydrogens is 402 g/mol. The Bertz CT molecular complexity index is 1080. The third kappa shape index (κ3) is 6.04. The van der Waals surface area contributed by atoms with Crippen molar-refractivity contribution < 1.29 is 14.4 Å². The zero-order chi connectivity index (χ0) is 22.9. The fourth-order valence-corrected chi connectivity index (χ4v) is 3.23. The number of amides is 3. The van der Waals surface area contributed by atoms with E-state index in [4.69, 9.17) is 0 Å². The first-order valence-corrected chi connectivity index (χ1v) is 10.6. The van der Waals surface area contributed by atoms with Crippen molar-refractivity contribution in [1.29, 1.82) is 0 Å². The van der Waals surface area contributed by atoms with Crippen molar-refractivity contribution in [2.24, 2.45) is 0 Å². The van der Waals surface area contributed by atoms with Crippen LogP contribution in [-0.4, -0.2) is 17.7 Å². The van der Waals surface area contributed by atoms with Gasteiger partial charge in [0.05, 0.1) is 17.3 Å². The van der Waals surface area contributed by atoms with Gasteiger partial charge in [-0.3, -0.25) is 14.4 Å². The van der Waals surface area contributed by atoms with Gasteiger partial charge >= 0.3 is 11.8 Å². The molecule has 0 spiro atoms. The van der Waals surface area contributed by atoms with Crippen LogP contribution < -0.4 is 16.0 Å². The van der Waals surface area contributed by atoms with Gasteiger partial charge in [0.1, 0.15) is 0 Å². The van der Waals surface area contributed by atoms with E-state index < -0.39 is 11.8 Å². The summed E-state index contributed by atoms with van der Waals surface area (Å²) in [7, 11) is 0. The SMILES string of the molecule is CCc1ccc(CNC(=O)c2ccccc2NC(=O)C(=O)N[C@H](C)c2ccccc2)cc1. The average Bonchev–Trinajstić information content (AvgIpc) is 2.83. The first kappa shape index (κ1) is 22.7. The maximum Gasteiger partial charge on any atom is 0.313 e. The molecule has 3 aromatic carbocycles. The van der Waals surface area contributed by atoms with Gasteiger partial charge in [-0.15, -0.1) is 0 Å². The number of aryl methyl sites for hydroxylation is 1. The van der Waals surface area contributed by atoms with E-state index in [2.05, 4.69) is 22.9 Å². The molecule has 3 amide bonds. The number of anilines is 1. The highest BCUT2D eigenvalue weighted by molar-refractivity contribution is 6.40. The van der Waals surface area contributed by atoms with E-state index in [1.54, 1.807) is 31.2 Å². The first-order chi connectivity index (χ1) is 15.5. The van der Waals surface area contributed by atoms with Crippen molar-refractivity contribution in [3.8, 4) is 0 Å². The van der Waals surface area contributed by atoms with Crippen LogP contribution in [0.1, 0.15) is 46.9 Å². The number of para-hydroxylation sites is 1. The topological polar surface area (TPSA) is 87.3 Å². The lowest BCUT2D eigenvalue weighted by Crippen LogP contribution is -2.37. The summed E-state index contributed by atoms with van der Waals surface area (Å²) in [5.41, 5.74) is 3.66. The lowest BCUT2D eigenvalue weighted by Gasteiger charge is -2.15. The zero-order valence-electron chi connectivity index (χ0n) is 18.2. The molecule has 0 heterocycles. The van der Waals surface area contributed by atoms with Gasteiger partial charge in [0.15, 0.2) is 0 Å². The summed E-state index contributed by atoms with van der Waals surface area (Å²) in [6.07, 6.45) is 0.956. The minimum Gasteiger partial charge on any atom is -0.348 e. The molecule has 0 aromatic heterocycles. The van der Waals surface area contributed by atoms with E-state index in [0.717, 1.165) is 17.5 Å². The molecular formula is C26H27N3O3. The van der Waals surface area contributed by atoms with Gasteiger partial charge in [-0.2, -0.15) is 0 Å². The van der Waals surface area contributed by atoms with Crippen LogP contribution in [0.25, 0.3) is 0 Å². The van der Waals surface area contributed by atoms with E-state index in [-0.39, 0.29) is 23.2 Å². The van der Waals surface area contributed by atoms with Crippen molar-refractivity contribution in [1.82, 2.24) is 10.6 Å². The van der Waals surface area contributed by atoms with Gasteiger partial charge in [-0.25, -0.2) is 0 Å². The average molecular weight is 430 g/mol. The van der Waals surface area contributed by atoms with Crippen molar-refractivity contribution in [3.05, 3.63) is 101 Å². The first-order valence-electron chi connectivity index (χ1n) is 10.6. The Kier molecular flexibility index (Phi) is 7.75. The van der Waals surface area contributed by atoms with Gasteiger partial charge in [0.25, 0.3) is 5.91 Å². The maximum atomic E-state index is 12.7. The number of nitrogens with one attached hydrogen (secondary N) is 3. The Morgan fingerprint density at radius 2 is 1.41 bits per heavy atom. The third-order valence-electron chi connectivity index (χ3n) is 5.16. The predicted octanol–water partition coefficient (Wildman–Crippen LogP) is 3.99. The Morgan fingerprint density at radius 1 is 0.781 bits per heavy atom. The minimum absolute atomic E-state index is 0.277. The van der Waals surface area contributed by atoms with E-state index >= 15 is 0 Å². The molecule has 0 aliphatic carbocycles. The fourth-order valence-electron chi connectivity index (χ4n) is 3.23. The van der Waals surface area contributed by atoms with Crippen LogP contribution in [0.2, 0.25) is 0 Å². The Morgan fingerprint density at radius 3 is 2.09 bits per heavy atom. The van der Waals surface area contributed by atoms with Gasteiger partial charge < -0.3 is 16.0 Å². The van der Waals surface area contributed by atoms with Crippen LogP contribution in [0.3, 0.4) is 0 Å². The largest absolute Gasteiger partial charge is 0.348 e. The standard InChI is InChI=1S/C26H27N3O3/c1-3-19-13-15-20(16-14-19)17-27-24(30)22-11-7-8-12-23(22)29-26(32)25(31)28-18(2)21-9-5-4-6-10-21/h4-16,18H,3,17H2,1-2H3,(H,27,30)(H,28,31)(H,29,32)/t18-/m1/s1. The molecule has 6 heteroatoms. The number of carbonyl (C=O) groups excluding carboxylic acids is 3. The Hall–Kier alpha value is -3.93. The number of carbonyl (C=O) groups is 3. The highest BCUT2D eigenvalue weighted by Crippen LogP contribution is 2.16. The van der Waals surface area contributed by atoms with Gasteiger partial charge in [-0.1, -0.05) is 73.7 Å². The molecule has 0 saturated carbocycles. The smallest absolute Gasteiger partial charge is 0.313 e. The molecule has 3 N–H and O–H groups in total. The normalized spacial score (nSPS) is 11.3. The van der Waals surface area contributed by atoms with Crippen LogP contribution in [-0.2, 0) is 22.6 Å². The van der Waals surface area contributed by atoms with E-state index in [1.165, 1.54) is 5.56 Å².